The van der Waals surface area contributed by atoms with Crippen LogP contribution < -0.4 is 0 Å². The van der Waals surface area contributed by atoms with Gasteiger partial charge in [0.05, 0.1) is 23.1 Å². The van der Waals surface area contributed by atoms with Crippen LogP contribution in [0.25, 0.3) is 5.69 Å². The standard InChI is InChI=1S/C25H22FN3O/c1-14-24-22(15(2)30)27-13-29(24)21-8-7-17(25-10-16(11-25)12-25)9-19(21)23(28-14)18-5-3-4-6-20(18)26/h3-9,13-14,16H,10-12H2,1-2H3/t14-,16?,25?/m1/s1. The summed E-state index contributed by atoms with van der Waals surface area (Å²) >= 11 is 0. The van der Waals surface area contributed by atoms with Gasteiger partial charge in [-0.2, -0.15) is 0 Å². The van der Waals surface area contributed by atoms with Crippen LogP contribution in [-0.2, 0) is 5.41 Å². The Morgan fingerprint density at radius 1 is 1.13 bits per heavy atom. The van der Waals surface area contributed by atoms with E-state index >= 15 is 0 Å². The molecule has 0 saturated heterocycles. The van der Waals surface area contributed by atoms with Crippen LogP contribution >= 0.6 is 0 Å². The van der Waals surface area contributed by atoms with E-state index in [9.17, 15) is 9.18 Å². The van der Waals surface area contributed by atoms with Gasteiger partial charge in [-0.05, 0) is 67.3 Å². The van der Waals surface area contributed by atoms with Crippen molar-refractivity contribution in [2.24, 2.45) is 10.9 Å². The highest BCUT2D eigenvalue weighted by Crippen LogP contribution is 2.65. The summed E-state index contributed by atoms with van der Waals surface area (Å²) in [5, 5.41) is 0. The van der Waals surface area contributed by atoms with Crippen LogP contribution in [0.5, 0.6) is 0 Å². The number of aromatic nitrogens is 2. The molecule has 30 heavy (non-hydrogen) atoms. The van der Waals surface area contributed by atoms with Crippen molar-refractivity contribution < 1.29 is 9.18 Å². The zero-order chi connectivity index (χ0) is 20.6. The predicted octanol–water partition coefficient (Wildman–Crippen LogP) is 5.18. The molecule has 150 valence electrons. The Kier molecular flexibility index (Phi) is 3.53. The zero-order valence-electron chi connectivity index (χ0n) is 17.0. The molecule has 5 heteroatoms. The maximum Gasteiger partial charge on any atom is 0.180 e. The molecule has 3 aromatic rings. The summed E-state index contributed by atoms with van der Waals surface area (Å²) in [6.07, 6.45) is 5.44. The van der Waals surface area contributed by atoms with Gasteiger partial charge in [0, 0.05) is 18.1 Å². The largest absolute Gasteiger partial charge is 0.300 e. The molecular formula is C25H22FN3O. The van der Waals surface area contributed by atoms with Gasteiger partial charge in [0.25, 0.3) is 0 Å². The smallest absolute Gasteiger partial charge is 0.180 e. The van der Waals surface area contributed by atoms with Crippen LogP contribution in [0.1, 0.15) is 72.0 Å². The maximum atomic E-state index is 14.9. The minimum absolute atomic E-state index is 0.0906. The highest BCUT2D eigenvalue weighted by molar-refractivity contribution is 6.15. The van der Waals surface area contributed by atoms with Gasteiger partial charge < -0.3 is 0 Å². The lowest BCUT2D eigenvalue weighted by Gasteiger charge is -2.62. The quantitative estimate of drug-likeness (QED) is 0.570. The van der Waals surface area contributed by atoms with Crippen LogP contribution in [0.15, 0.2) is 53.8 Å². The van der Waals surface area contributed by atoms with Crippen molar-refractivity contribution in [2.45, 2.75) is 44.6 Å². The van der Waals surface area contributed by atoms with E-state index < -0.39 is 0 Å². The van der Waals surface area contributed by atoms with Gasteiger partial charge >= 0.3 is 0 Å². The monoisotopic (exact) mass is 399 g/mol. The molecule has 3 saturated carbocycles. The topological polar surface area (TPSA) is 47.2 Å². The molecule has 1 aromatic heterocycles. The summed E-state index contributed by atoms with van der Waals surface area (Å²) in [5.74, 6) is 0.496. The molecule has 3 aliphatic carbocycles. The number of carbonyl (C=O) groups is 1. The Balaban J connectivity index is 1.63. The number of imidazole rings is 1. The molecule has 2 aromatic carbocycles. The molecule has 1 atom stereocenters. The molecule has 2 bridgehead atoms. The Bertz CT molecular complexity index is 1240. The number of aliphatic imine (C=N–C) groups is 1. The van der Waals surface area contributed by atoms with Gasteiger partial charge in [-0.15, -0.1) is 0 Å². The van der Waals surface area contributed by atoms with Crippen molar-refractivity contribution >= 4 is 11.5 Å². The maximum absolute atomic E-state index is 14.9. The highest BCUT2D eigenvalue weighted by atomic mass is 19.1. The van der Waals surface area contributed by atoms with Crippen LogP contribution in [0.3, 0.4) is 0 Å². The second-order valence-corrected chi connectivity index (χ2v) is 9.03. The van der Waals surface area contributed by atoms with Crippen molar-refractivity contribution in [1.29, 1.82) is 0 Å². The normalized spacial score (nSPS) is 25.9. The molecule has 3 fully saturated rings. The van der Waals surface area contributed by atoms with Crippen LogP contribution in [0, 0.1) is 11.7 Å². The molecule has 0 spiro atoms. The summed E-state index contributed by atoms with van der Waals surface area (Å²) in [4.78, 5) is 21.5. The molecular weight excluding hydrogens is 377 g/mol. The zero-order valence-corrected chi connectivity index (χ0v) is 17.0. The van der Waals surface area contributed by atoms with Crippen molar-refractivity contribution in [2.75, 3.05) is 0 Å². The lowest BCUT2D eigenvalue weighted by molar-refractivity contribution is -0.0274. The number of fused-ring (bicyclic) bond motifs is 3. The van der Waals surface area contributed by atoms with Crippen molar-refractivity contribution in [1.82, 2.24) is 9.55 Å². The average Bonchev–Trinajstić information content (AvgIpc) is 3.05. The summed E-state index contributed by atoms with van der Waals surface area (Å²) in [5.41, 5.74) is 5.72. The Hall–Kier alpha value is -3.08. The minimum atomic E-state index is -0.327. The first-order valence-electron chi connectivity index (χ1n) is 10.5. The second kappa shape index (κ2) is 5.97. The number of hydrogen-bond donors (Lipinski definition) is 0. The summed E-state index contributed by atoms with van der Waals surface area (Å²) in [6, 6.07) is 12.9. The fourth-order valence-electron chi connectivity index (χ4n) is 5.51. The molecule has 0 unspecified atom stereocenters. The number of ketones is 1. The molecule has 0 radical (unpaired) electrons. The van der Waals surface area contributed by atoms with Crippen molar-refractivity contribution in [3.8, 4) is 5.69 Å². The predicted molar refractivity (Wildman–Crippen MR) is 113 cm³/mol. The van der Waals surface area contributed by atoms with Crippen molar-refractivity contribution in [3.05, 3.63) is 82.7 Å². The average molecular weight is 399 g/mol. The third-order valence-corrected chi connectivity index (χ3v) is 7.15. The number of nitrogens with zero attached hydrogens (tertiary/aromatic N) is 3. The summed E-state index contributed by atoms with van der Waals surface area (Å²) in [7, 11) is 0. The molecule has 1 aliphatic heterocycles. The van der Waals surface area contributed by atoms with E-state index in [2.05, 4.69) is 23.2 Å². The number of hydrogen-bond acceptors (Lipinski definition) is 3. The number of benzene rings is 2. The molecule has 4 aliphatic rings. The van der Waals surface area contributed by atoms with Crippen molar-refractivity contribution in [3.63, 3.8) is 0 Å². The van der Waals surface area contributed by atoms with E-state index in [0.717, 1.165) is 22.9 Å². The van der Waals surface area contributed by atoms with Gasteiger partial charge in [0.2, 0.25) is 0 Å². The fraction of sp³-hybridized carbons (Fsp3) is 0.320. The Labute approximate surface area is 174 Å². The second-order valence-electron chi connectivity index (χ2n) is 9.03. The van der Waals surface area contributed by atoms with E-state index in [1.54, 1.807) is 18.5 Å². The Morgan fingerprint density at radius 2 is 1.90 bits per heavy atom. The summed E-state index contributed by atoms with van der Waals surface area (Å²) in [6.45, 7) is 3.46. The number of carbonyl (C=O) groups excluding carboxylic acids is 1. The van der Waals surface area contributed by atoms with Gasteiger partial charge in [-0.3, -0.25) is 14.4 Å². The van der Waals surface area contributed by atoms with Crippen LogP contribution in [0.2, 0.25) is 0 Å². The van der Waals surface area contributed by atoms with Crippen LogP contribution in [0.4, 0.5) is 4.39 Å². The van der Waals surface area contributed by atoms with E-state index in [4.69, 9.17) is 4.99 Å². The molecule has 4 nitrogen and oxygen atoms in total. The molecule has 7 rings (SSSR count). The Morgan fingerprint density at radius 3 is 2.57 bits per heavy atom. The van der Waals surface area contributed by atoms with Gasteiger partial charge in [-0.25, -0.2) is 9.37 Å². The first kappa shape index (κ1) is 17.8. The number of halogens is 1. The lowest BCUT2D eigenvalue weighted by atomic mass is 9.42. The van der Waals surface area contributed by atoms with E-state index in [-0.39, 0.29) is 17.6 Å². The number of Topliss-reactive ketones (excluding diaryl/α,β-unsaturated/α-hetero) is 1. The fourth-order valence-corrected chi connectivity index (χ4v) is 5.51. The third kappa shape index (κ3) is 2.29. The van der Waals surface area contributed by atoms with Gasteiger partial charge in [-0.1, -0.05) is 18.2 Å². The molecule has 0 amide bonds. The first-order valence-corrected chi connectivity index (χ1v) is 10.5. The van der Waals surface area contributed by atoms with E-state index in [1.165, 1.54) is 37.8 Å². The van der Waals surface area contributed by atoms with E-state index in [0.29, 0.717) is 22.4 Å². The van der Waals surface area contributed by atoms with Gasteiger partial charge in [0.1, 0.15) is 17.8 Å². The lowest BCUT2D eigenvalue weighted by Crippen LogP contribution is -2.55. The molecule has 0 N–H and O–H groups in total. The summed E-state index contributed by atoms with van der Waals surface area (Å²) < 4.78 is 16.8. The third-order valence-electron chi connectivity index (χ3n) is 7.15. The van der Waals surface area contributed by atoms with E-state index in [1.807, 2.05) is 17.6 Å². The van der Waals surface area contributed by atoms with Gasteiger partial charge in [0.15, 0.2) is 5.78 Å². The minimum Gasteiger partial charge on any atom is -0.300 e. The highest BCUT2D eigenvalue weighted by Gasteiger charge is 2.57. The first-order chi connectivity index (χ1) is 14.5. The molecule has 2 heterocycles. The van der Waals surface area contributed by atoms with Crippen LogP contribution in [-0.4, -0.2) is 21.0 Å². The SMILES string of the molecule is CC(=O)c1ncn2c1[C@@H](C)N=C(c1ccccc1F)c1cc(C34CC(C3)C4)ccc1-2. The number of rotatable bonds is 3.